The van der Waals surface area contributed by atoms with Gasteiger partial charge in [-0.3, -0.25) is 0 Å². The molecular formula is C12H23N. The van der Waals surface area contributed by atoms with E-state index in [0.717, 1.165) is 18.5 Å². The molecule has 1 nitrogen and oxygen atoms in total. The second-order valence-corrected chi connectivity index (χ2v) is 4.17. The number of hydrogen-bond donors (Lipinski definition) is 1. The van der Waals surface area contributed by atoms with Gasteiger partial charge in [0.05, 0.1) is 0 Å². The Morgan fingerprint density at radius 1 is 1.38 bits per heavy atom. The summed E-state index contributed by atoms with van der Waals surface area (Å²) in [7, 11) is 0. The Balaban J connectivity index is 2.34. The van der Waals surface area contributed by atoms with Crippen molar-refractivity contribution in [3.63, 3.8) is 0 Å². The lowest BCUT2D eigenvalue weighted by atomic mass is 9.95. The summed E-state index contributed by atoms with van der Waals surface area (Å²) in [4.78, 5) is 0. The number of hydrogen-bond acceptors (Lipinski definition) is 1. The molecule has 2 unspecified atom stereocenters. The van der Waals surface area contributed by atoms with Crippen LogP contribution in [0.4, 0.5) is 0 Å². The first-order valence-corrected chi connectivity index (χ1v) is 5.71. The quantitative estimate of drug-likeness (QED) is 0.519. The molecule has 0 saturated heterocycles. The molecule has 1 heteroatoms. The number of rotatable bonds is 4. The van der Waals surface area contributed by atoms with Crippen LogP contribution in [0.1, 0.15) is 45.4 Å². The van der Waals surface area contributed by atoms with Crippen molar-refractivity contribution in [3.8, 4) is 0 Å². The van der Waals surface area contributed by atoms with Gasteiger partial charge < -0.3 is 5.32 Å². The minimum absolute atomic E-state index is 0.775. The molecule has 0 spiro atoms. The van der Waals surface area contributed by atoms with Gasteiger partial charge in [-0.1, -0.05) is 32.3 Å². The molecule has 13 heavy (non-hydrogen) atoms. The largest absolute Gasteiger partial charge is 0.314 e. The van der Waals surface area contributed by atoms with E-state index in [9.17, 15) is 0 Å². The molecule has 1 aliphatic carbocycles. The van der Waals surface area contributed by atoms with Crippen molar-refractivity contribution < 1.29 is 0 Å². The highest BCUT2D eigenvalue weighted by atomic mass is 14.9. The Kier molecular flexibility index (Phi) is 5.14. The molecule has 1 fully saturated rings. The van der Waals surface area contributed by atoms with Crippen LogP contribution in [0.2, 0.25) is 0 Å². The summed E-state index contributed by atoms with van der Waals surface area (Å²) in [5.74, 6) is 0.893. The highest BCUT2D eigenvalue weighted by Crippen LogP contribution is 2.25. The average Bonchev–Trinajstić information content (AvgIpc) is 2.32. The SMILES string of the molecule is C=CCC1CCCCC(NCC)C1. The van der Waals surface area contributed by atoms with Crippen molar-refractivity contribution in [1.82, 2.24) is 5.32 Å². The maximum atomic E-state index is 3.84. The van der Waals surface area contributed by atoms with E-state index in [1.54, 1.807) is 0 Å². The van der Waals surface area contributed by atoms with Crippen LogP contribution in [0, 0.1) is 5.92 Å². The molecule has 0 aromatic heterocycles. The maximum Gasteiger partial charge on any atom is 0.00696 e. The van der Waals surface area contributed by atoms with Gasteiger partial charge >= 0.3 is 0 Å². The molecule has 0 heterocycles. The molecule has 76 valence electrons. The zero-order chi connectivity index (χ0) is 9.52. The van der Waals surface area contributed by atoms with E-state index in [-0.39, 0.29) is 0 Å². The molecule has 0 aromatic rings. The third-order valence-electron chi connectivity index (χ3n) is 3.03. The van der Waals surface area contributed by atoms with Crippen LogP contribution in [0.25, 0.3) is 0 Å². The first-order valence-electron chi connectivity index (χ1n) is 5.71. The van der Waals surface area contributed by atoms with Crippen molar-refractivity contribution >= 4 is 0 Å². The van der Waals surface area contributed by atoms with Crippen molar-refractivity contribution in [1.29, 1.82) is 0 Å². The fourth-order valence-electron chi connectivity index (χ4n) is 2.39. The monoisotopic (exact) mass is 181 g/mol. The fraction of sp³-hybridized carbons (Fsp3) is 0.833. The second-order valence-electron chi connectivity index (χ2n) is 4.17. The summed E-state index contributed by atoms with van der Waals surface area (Å²) in [5, 5.41) is 3.58. The Hall–Kier alpha value is -0.300. The Bertz CT molecular complexity index is 142. The van der Waals surface area contributed by atoms with Gasteiger partial charge in [0.2, 0.25) is 0 Å². The molecular weight excluding hydrogens is 158 g/mol. The lowest BCUT2D eigenvalue weighted by Gasteiger charge is -2.19. The van der Waals surface area contributed by atoms with E-state index in [2.05, 4.69) is 24.9 Å². The summed E-state index contributed by atoms with van der Waals surface area (Å²) < 4.78 is 0. The van der Waals surface area contributed by atoms with E-state index in [4.69, 9.17) is 0 Å². The van der Waals surface area contributed by atoms with Gasteiger partial charge in [0.25, 0.3) is 0 Å². The van der Waals surface area contributed by atoms with Crippen LogP contribution in [0.5, 0.6) is 0 Å². The van der Waals surface area contributed by atoms with Gasteiger partial charge in [-0.05, 0) is 31.7 Å². The van der Waals surface area contributed by atoms with Crippen LogP contribution in [0.15, 0.2) is 12.7 Å². The normalized spacial score (nSPS) is 29.6. The van der Waals surface area contributed by atoms with Crippen molar-refractivity contribution in [2.24, 2.45) is 5.92 Å². The van der Waals surface area contributed by atoms with Crippen LogP contribution < -0.4 is 5.32 Å². The van der Waals surface area contributed by atoms with Crippen molar-refractivity contribution in [2.75, 3.05) is 6.54 Å². The fourth-order valence-corrected chi connectivity index (χ4v) is 2.39. The van der Waals surface area contributed by atoms with E-state index in [1.807, 2.05) is 0 Å². The molecule has 0 aliphatic heterocycles. The molecule has 0 amide bonds. The Morgan fingerprint density at radius 2 is 2.15 bits per heavy atom. The standard InChI is InChI=1S/C12H23N/c1-3-7-11-8-5-6-9-12(10-11)13-4-2/h3,11-13H,1,4-10H2,2H3. The number of nitrogens with one attached hydrogen (secondary N) is 1. The molecule has 0 bridgehead atoms. The van der Waals surface area contributed by atoms with Crippen molar-refractivity contribution in [2.45, 2.75) is 51.5 Å². The van der Waals surface area contributed by atoms with Crippen LogP contribution in [-0.4, -0.2) is 12.6 Å². The third-order valence-corrected chi connectivity index (χ3v) is 3.03. The Labute approximate surface area is 82.6 Å². The van der Waals surface area contributed by atoms with Crippen LogP contribution in [0.3, 0.4) is 0 Å². The molecule has 1 aliphatic rings. The van der Waals surface area contributed by atoms with Gasteiger partial charge in [-0.25, -0.2) is 0 Å². The minimum Gasteiger partial charge on any atom is -0.314 e. The highest BCUT2D eigenvalue weighted by molar-refractivity contribution is 4.80. The van der Waals surface area contributed by atoms with E-state index in [1.165, 1.54) is 38.5 Å². The van der Waals surface area contributed by atoms with E-state index in [0.29, 0.717) is 0 Å². The van der Waals surface area contributed by atoms with Crippen molar-refractivity contribution in [3.05, 3.63) is 12.7 Å². The first-order chi connectivity index (χ1) is 6.36. The minimum atomic E-state index is 0.775. The molecule has 1 saturated carbocycles. The van der Waals surface area contributed by atoms with Gasteiger partial charge in [0.15, 0.2) is 0 Å². The van der Waals surface area contributed by atoms with Crippen LogP contribution >= 0.6 is 0 Å². The molecule has 1 N–H and O–H groups in total. The van der Waals surface area contributed by atoms with E-state index < -0.39 is 0 Å². The summed E-state index contributed by atoms with van der Waals surface area (Å²) in [6.45, 7) is 7.15. The average molecular weight is 181 g/mol. The molecule has 1 rings (SSSR count). The predicted molar refractivity (Wildman–Crippen MR) is 58.9 cm³/mol. The lowest BCUT2D eigenvalue weighted by molar-refractivity contribution is 0.394. The lowest BCUT2D eigenvalue weighted by Crippen LogP contribution is -2.29. The highest BCUT2D eigenvalue weighted by Gasteiger charge is 2.17. The van der Waals surface area contributed by atoms with Gasteiger partial charge in [0.1, 0.15) is 0 Å². The number of allylic oxidation sites excluding steroid dienone is 1. The topological polar surface area (TPSA) is 12.0 Å². The summed E-state index contributed by atoms with van der Waals surface area (Å²) >= 11 is 0. The summed E-state index contributed by atoms with van der Waals surface area (Å²) in [6, 6.07) is 0.775. The molecule has 0 radical (unpaired) electrons. The summed E-state index contributed by atoms with van der Waals surface area (Å²) in [5.41, 5.74) is 0. The van der Waals surface area contributed by atoms with E-state index >= 15 is 0 Å². The van der Waals surface area contributed by atoms with Gasteiger partial charge in [-0.2, -0.15) is 0 Å². The Morgan fingerprint density at radius 3 is 2.85 bits per heavy atom. The second kappa shape index (κ2) is 6.20. The maximum absolute atomic E-state index is 3.84. The molecule has 0 aromatic carbocycles. The van der Waals surface area contributed by atoms with Crippen LogP contribution in [-0.2, 0) is 0 Å². The zero-order valence-corrected chi connectivity index (χ0v) is 8.89. The zero-order valence-electron chi connectivity index (χ0n) is 8.89. The smallest absolute Gasteiger partial charge is 0.00696 e. The molecule has 2 atom stereocenters. The van der Waals surface area contributed by atoms with Gasteiger partial charge in [0, 0.05) is 6.04 Å². The third kappa shape index (κ3) is 3.95. The van der Waals surface area contributed by atoms with Gasteiger partial charge in [-0.15, -0.1) is 6.58 Å². The predicted octanol–water partition coefficient (Wildman–Crippen LogP) is 3.12. The first kappa shape index (κ1) is 10.8. The summed E-state index contributed by atoms with van der Waals surface area (Å²) in [6.07, 6.45) is 10.3.